The molecule has 0 fully saturated rings. The molecule has 2 N–H and O–H groups in total. The van der Waals surface area contributed by atoms with E-state index >= 15 is 0 Å². The third-order valence-corrected chi connectivity index (χ3v) is 5.19. The largest absolute Gasteiger partial charge is 0.326 e. The Kier molecular flexibility index (Phi) is 5.83. The zero-order valence-electron chi connectivity index (χ0n) is 12.6. The molecule has 2 aromatic rings. The first kappa shape index (κ1) is 16.1. The van der Waals surface area contributed by atoms with Crippen molar-refractivity contribution in [3.63, 3.8) is 0 Å². The van der Waals surface area contributed by atoms with Crippen LogP contribution in [0.4, 0.5) is 4.39 Å². The molecule has 2 unspecified atom stereocenters. The van der Waals surface area contributed by atoms with Crippen LogP contribution in [0, 0.1) is 12.7 Å². The summed E-state index contributed by atoms with van der Waals surface area (Å²) in [6, 6.07) is 15.2. The predicted molar refractivity (Wildman–Crippen MR) is 89.9 cm³/mol. The lowest BCUT2D eigenvalue weighted by Crippen LogP contribution is -2.26. The standard InChI is InChI=1S/C18H22FNS/c1-3-17(20)18(15-10-6-7-11-16(15)19)21-12-14-9-5-4-8-13(14)2/h4-11,17-18H,3,12,20H2,1-2H3. The maximum Gasteiger partial charge on any atom is 0.127 e. The molecule has 112 valence electrons. The van der Waals surface area contributed by atoms with E-state index in [2.05, 4.69) is 19.1 Å². The summed E-state index contributed by atoms with van der Waals surface area (Å²) >= 11 is 1.72. The topological polar surface area (TPSA) is 26.0 Å². The van der Waals surface area contributed by atoms with Crippen molar-refractivity contribution in [2.24, 2.45) is 5.73 Å². The number of halogens is 1. The fourth-order valence-electron chi connectivity index (χ4n) is 2.32. The molecule has 2 atom stereocenters. The van der Waals surface area contributed by atoms with Gasteiger partial charge in [-0.25, -0.2) is 4.39 Å². The van der Waals surface area contributed by atoms with Gasteiger partial charge in [0.05, 0.1) is 0 Å². The monoisotopic (exact) mass is 303 g/mol. The van der Waals surface area contributed by atoms with Gasteiger partial charge in [0, 0.05) is 22.6 Å². The minimum Gasteiger partial charge on any atom is -0.326 e. The first-order valence-electron chi connectivity index (χ1n) is 7.29. The highest BCUT2D eigenvalue weighted by atomic mass is 32.2. The van der Waals surface area contributed by atoms with E-state index in [9.17, 15) is 4.39 Å². The predicted octanol–water partition coefficient (Wildman–Crippen LogP) is 4.85. The van der Waals surface area contributed by atoms with Gasteiger partial charge in [-0.3, -0.25) is 0 Å². The molecule has 1 nitrogen and oxygen atoms in total. The van der Waals surface area contributed by atoms with Crippen LogP contribution in [0.3, 0.4) is 0 Å². The molecule has 0 aliphatic carbocycles. The van der Waals surface area contributed by atoms with E-state index in [-0.39, 0.29) is 17.1 Å². The minimum absolute atomic E-state index is 0.0178. The van der Waals surface area contributed by atoms with Crippen molar-refractivity contribution in [3.05, 3.63) is 71.0 Å². The van der Waals surface area contributed by atoms with Crippen molar-refractivity contribution >= 4 is 11.8 Å². The van der Waals surface area contributed by atoms with Gasteiger partial charge in [-0.05, 0) is 30.5 Å². The van der Waals surface area contributed by atoms with Crippen molar-refractivity contribution in [1.82, 2.24) is 0 Å². The molecule has 0 aliphatic rings. The molecule has 21 heavy (non-hydrogen) atoms. The van der Waals surface area contributed by atoms with Crippen molar-refractivity contribution in [1.29, 1.82) is 0 Å². The Morgan fingerprint density at radius 2 is 1.76 bits per heavy atom. The highest BCUT2D eigenvalue weighted by Gasteiger charge is 2.22. The quantitative estimate of drug-likeness (QED) is 0.826. The lowest BCUT2D eigenvalue weighted by atomic mass is 10.0. The Hall–Kier alpha value is -1.32. The molecule has 0 radical (unpaired) electrons. The molecule has 0 aromatic heterocycles. The molecule has 3 heteroatoms. The maximum absolute atomic E-state index is 14.1. The number of nitrogens with two attached hydrogens (primary N) is 1. The molecule has 2 aromatic carbocycles. The highest BCUT2D eigenvalue weighted by Crippen LogP contribution is 2.36. The van der Waals surface area contributed by atoms with Gasteiger partial charge in [-0.15, -0.1) is 11.8 Å². The van der Waals surface area contributed by atoms with E-state index in [0.29, 0.717) is 5.56 Å². The molecular formula is C18H22FNS. The molecule has 2 rings (SSSR count). The van der Waals surface area contributed by atoms with E-state index in [1.54, 1.807) is 17.8 Å². The third kappa shape index (κ3) is 4.08. The van der Waals surface area contributed by atoms with Crippen LogP contribution < -0.4 is 5.73 Å². The van der Waals surface area contributed by atoms with E-state index in [1.807, 2.05) is 31.2 Å². The van der Waals surface area contributed by atoms with E-state index in [4.69, 9.17) is 5.73 Å². The fourth-order valence-corrected chi connectivity index (χ4v) is 3.81. The number of benzene rings is 2. The molecule has 0 saturated carbocycles. The van der Waals surface area contributed by atoms with Gasteiger partial charge in [-0.1, -0.05) is 49.4 Å². The van der Waals surface area contributed by atoms with E-state index in [0.717, 1.165) is 12.2 Å². The van der Waals surface area contributed by atoms with Gasteiger partial charge in [-0.2, -0.15) is 0 Å². The fraction of sp³-hybridized carbons (Fsp3) is 0.333. The van der Waals surface area contributed by atoms with Crippen molar-refractivity contribution in [2.45, 2.75) is 37.3 Å². The Bertz CT molecular complexity index is 585. The number of hydrogen-bond donors (Lipinski definition) is 1. The summed E-state index contributed by atoms with van der Waals surface area (Å²) in [4.78, 5) is 0. The number of rotatable bonds is 6. The maximum atomic E-state index is 14.1. The molecular weight excluding hydrogens is 281 g/mol. The summed E-state index contributed by atoms with van der Waals surface area (Å²) < 4.78 is 14.1. The molecule has 0 amide bonds. The second-order valence-corrected chi connectivity index (χ2v) is 6.38. The summed E-state index contributed by atoms with van der Waals surface area (Å²) in [5.41, 5.74) is 9.50. The van der Waals surface area contributed by atoms with Gasteiger partial charge in [0.2, 0.25) is 0 Å². The second-order valence-electron chi connectivity index (χ2n) is 5.25. The van der Waals surface area contributed by atoms with Crippen LogP contribution in [0.2, 0.25) is 0 Å². The summed E-state index contributed by atoms with van der Waals surface area (Å²) in [7, 11) is 0. The normalized spacial score (nSPS) is 13.9. The Labute approximate surface area is 130 Å². The number of hydrogen-bond acceptors (Lipinski definition) is 2. The SMILES string of the molecule is CCC(N)C(SCc1ccccc1C)c1ccccc1F. The first-order chi connectivity index (χ1) is 10.1. The minimum atomic E-state index is -0.163. The van der Waals surface area contributed by atoms with Gasteiger partial charge in [0.15, 0.2) is 0 Å². The molecule has 0 bridgehead atoms. The second kappa shape index (κ2) is 7.62. The Morgan fingerprint density at radius 3 is 2.43 bits per heavy atom. The molecule has 0 saturated heterocycles. The first-order valence-corrected chi connectivity index (χ1v) is 8.34. The van der Waals surface area contributed by atoms with E-state index < -0.39 is 0 Å². The van der Waals surface area contributed by atoms with Gasteiger partial charge >= 0.3 is 0 Å². The lowest BCUT2D eigenvalue weighted by molar-refractivity contribution is 0.572. The Balaban J connectivity index is 2.18. The van der Waals surface area contributed by atoms with Crippen molar-refractivity contribution < 1.29 is 4.39 Å². The van der Waals surface area contributed by atoms with Crippen LogP contribution in [-0.2, 0) is 5.75 Å². The average Bonchev–Trinajstić information content (AvgIpc) is 2.50. The number of aryl methyl sites for hydroxylation is 1. The van der Waals surface area contributed by atoms with Gasteiger partial charge in [0.1, 0.15) is 5.82 Å². The Morgan fingerprint density at radius 1 is 1.10 bits per heavy atom. The molecule has 0 spiro atoms. The zero-order chi connectivity index (χ0) is 15.2. The van der Waals surface area contributed by atoms with Crippen LogP contribution in [-0.4, -0.2) is 6.04 Å². The average molecular weight is 303 g/mol. The number of thioether (sulfide) groups is 1. The summed E-state index contributed by atoms with van der Waals surface area (Å²) in [5.74, 6) is 0.683. The van der Waals surface area contributed by atoms with Crippen LogP contribution in [0.5, 0.6) is 0 Å². The smallest absolute Gasteiger partial charge is 0.127 e. The summed E-state index contributed by atoms with van der Waals surface area (Å²) in [5, 5.41) is -0.0178. The summed E-state index contributed by atoms with van der Waals surface area (Å²) in [6.07, 6.45) is 0.833. The van der Waals surface area contributed by atoms with Crippen LogP contribution in [0.15, 0.2) is 48.5 Å². The molecule has 0 heterocycles. The van der Waals surface area contributed by atoms with Crippen molar-refractivity contribution in [2.75, 3.05) is 0 Å². The van der Waals surface area contributed by atoms with Gasteiger partial charge in [0.25, 0.3) is 0 Å². The molecule has 0 aliphatic heterocycles. The van der Waals surface area contributed by atoms with Crippen LogP contribution in [0.1, 0.15) is 35.3 Å². The van der Waals surface area contributed by atoms with E-state index in [1.165, 1.54) is 17.2 Å². The van der Waals surface area contributed by atoms with Gasteiger partial charge < -0.3 is 5.73 Å². The highest BCUT2D eigenvalue weighted by molar-refractivity contribution is 7.98. The zero-order valence-corrected chi connectivity index (χ0v) is 13.4. The third-order valence-electron chi connectivity index (χ3n) is 3.75. The van der Waals surface area contributed by atoms with Crippen LogP contribution in [0.25, 0.3) is 0 Å². The van der Waals surface area contributed by atoms with Crippen LogP contribution >= 0.6 is 11.8 Å². The lowest BCUT2D eigenvalue weighted by Gasteiger charge is -2.23. The summed E-state index contributed by atoms with van der Waals surface area (Å²) in [6.45, 7) is 4.15. The van der Waals surface area contributed by atoms with Crippen molar-refractivity contribution in [3.8, 4) is 0 Å².